The van der Waals surface area contributed by atoms with Crippen LogP contribution in [0.15, 0.2) is 29.2 Å². The summed E-state index contributed by atoms with van der Waals surface area (Å²) in [5, 5.41) is 3.19. The fourth-order valence-corrected chi connectivity index (χ4v) is 4.21. The number of nitrogens with zero attached hydrogens (tertiary/aromatic N) is 1. The Morgan fingerprint density at radius 3 is 2.36 bits per heavy atom. The van der Waals surface area contributed by atoms with Crippen LogP contribution in [0.25, 0.3) is 0 Å². The number of rotatable bonds is 3. The molecule has 0 amide bonds. The van der Waals surface area contributed by atoms with Crippen molar-refractivity contribution in [1.82, 2.24) is 9.62 Å². The van der Waals surface area contributed by atoms with E-state index in [9.17, 15) is 21.6 Å². The van der Waals surface area contributed by atoms with Gasteiger partial charge in [-0.2, -0.15) is 17.5 Å². The predicted octanol–water partition coefficient (Wildman–Crippen LogP) is 2.16. The molecule has 4 nitrogen and oxygen atoms in total. The summed E-state index contributed by atoms with van der Waals surface area (Å²) in [6, 6.07) is 4.74. The summed E-state index contributed by atoms with van der Waals surface area (Å²) >= 11 is 0. The molecule has 2 atom stereocenters. The molecule has 0 bridgehead atoms. The van der Waals surface area contributed by atoms with Crippen LogP contribution in [-0.2, 0) is 16.4 Å². The minimum absolute atomic E-state index is 0.0213. The monoisotopic (exact) mass is 336 g/mol. The van der Waals surface area contributed by atoms with Gasteiger partial charge in [0, 0.05) is 25.2 Å². The summed E-state index contributed by atoms with van der Waals surface area (Å²) in [5.74, 6) is 0. The number of benzene rings is 1. The van der Waals surface area contributed by atoms with E-state index in [1.807, 2.05) is 13.8 Å². The summed E-state index contributed by atoms with van der Waals surface area (Å²) in [6.45, 7) is 4.61. The van der Waals surface area contributed by atoms with Crippen molar-refractivity contribution < 1.29 is 21.6 Å². The van der Waals surface area contributed by atoms with E-state index < -0.39 is 22.6 Å². The molecule has 0 radical (unpaired) electrons. The zero-order valence-corrected chi connectivity index (χ0v) is 13.2. The van der Waals surface area contributed by atoms with Crippen molar-refractivity contribution in [3.05, 3.63) is 29.8 Å². The second kappa shape index (κ2) is 6.17. The molecule has 1 fully saturated rings. The van der Waals surface area contributed by atoms with Crippen molar-refractivity contribution in [2.45, 2.75) is 43.4 Å². The van der Waals surface area contributed by atoms with Crippen LogP contribution in [0.1, 0.15) is 19.4 Å². The third-order valence-corrected chi connectivity index (χ3v) is 5.91. The van der Waals surface area contributed by atoms with Crippen molar-refractivity contribution in [1.29, 1.82) is 0 Å². The van der Waals surface area contributed by atoms with Gasteiger partial charge >= 0.3 is 6.18 Å². The predicted molar refractivity (Wildman–Crippen MR) is 77.0 cm³/mol. The first-order valence-electron chi connectivity index (χ1n) is 7.02. The van der Waals surface area contributed by atoms with Gasteiger partial charge in [0.1, 0.15) is 0 Å². The van der Waals surface area contributed by atoms with Gasteiger partial charge in [0.2, 0.25) is 10.0 Å². The lowest BCUT2D eigenvalue weighted by Crippen LogP contribution is -2.57. The number of nitrogens with one attached hydrogen (secondary N) is 1. The topological polar surface area (TPSA) is 49.4 Å². The smallest absolute Gasteiger partial charge is 0.311 e. The first-order chi connectivity index (χ1) is 10.1. The van der Waals surface area contributed by atoms with E-state index in [2.05, 4.69) is 5.32 Å². The summed E-state index contributed by atoms with van der Waals surface area (Å²) in [7, 11) is -3.69. The zero-order chi connectivity index (χ0) is 16.5. The van der Waals surface area contributed by atoms with Crippen LogP contribution in [0.3, 0.4) is 0 Å². The molecule has 8 heteroatoms. The largest absolute Gasteiger partial charge is 0.393 e. The molecule has 2 unspecified atom stereocenters. The van der Waals surface area contributed by atoms with Crippen molar-refractivity contribution in [2.24, 2.45) is 0 Å². The second-order valence-electron chi connectivity index (χ2n) is 5.54. The van der Waals surface area contributed by atoms with E-state index in [0.717, 1.165) is 0 Å². The number of sulfonamides is 1. The first kappa shape index (κ1) is 17.2. The Morgan fingerprint density at radius 2 is 1.82 bits per heavy atom. The SMILES string of the molecule is CC1NCCN(S(=O)(=O)c2ccc(CC(F)(F)F)cc2)C1C. The molecule has 1 aromatic rings. The fourth-order valence-electron chi connectivity index (χ4n) is 2.51. The lowest BCUT2D eigenvalue weighted by molar-refractivity contribution is -0.127. The Morgan fingerprint density at radius 1 is 1.23 bits per heavy atom. The van der Waals surface area contributed by atoms with E-state index in [4.69, 9.17) is 0 Å². The van der Waals surface area contributed by atoms with Gasteiger partial charge in [0.25, 0.3) is 0 Å². The highest BCUT2D eigenvalue weighted by Crippen LogP contribution is 2.25. The van der Waals surface area contributed by atoms with Crippen LogP contribution in [0.5, 0.6) is 0 Å². The Labute approximate surface area is 128 Å². The Balaban J connectivity index is 2.23. The van der Waals surface area contributed by atoms with Gasteiger partial charge in [-0.1, -0.05) is 12.1 Å². The van der Waals surface area contributed by atoms with Crippen LogP contribution in [0, 0.1) is 0 Å². The quantitative estimate of drug-likeness (QED) is 0.920. The summed E-state index contributed by atoms with van der Waals surface area (Å²) < 4.78 is 63.6. The van der Waals surface area contributed by atoms with E-state index in [1.165, 1.54) is 28.6 Å². The molecular formula is C14H19F3N2O2S. The molecule has 22 heavy (non-hydrogen) atoms. The lowest BCUT2D eigenvalue weighted by Gasteiger charge is -2.37. The van der Waals surface area contributed by atoms with Crippen LogP contribution in [0.4, 0.5) is 13.2 Å². The fraction of sp³-hybridized carbons (Fsp3) is 0.571. The summed E-state index contributed by atoms with van der Waals surface area (Å²) in [6.07, 6.45) is -5.36. The third kappa shape index (κ3) is 3.80. The molecule has 2 rings (SSSR count). The van der Waals surface area contributed by atoms with Crippen LogP contribution in [0.2, 0.25) is 0 Å². The molecule has 1 aliphatic heterocycles. The maximum atomic E-state index is 12.6. The van der Waals surface area contributed by atoms with Crippen molar-refractivity contribution in [3.63, 3.8) is 0 Å². The Hall–Kier alpha value is -1.12. The number of alkyl halides is 3. The van der Waals surface area contributed by atoms with E-state index >= 15 is 0 Å². The molecule has 1 N–H and O–H groups in total. The Kier molecular flexibility index (Phi) is 4.84. The molecule has 1 aliphatic rings. The van der Waals surface area contributed by atoms with Crippen LogP contribution >= 0.6 is 0 Å². The van der Waals surface area contributed by atoms with Crippen molar-refractivity contribution >= 4 is 10.0 Å². The summed E-state index contributed by atoms with van der Waals surface area (Å²) in [5.41, 5.74) is 0.0492. The Bertz CT molecular complexity index is 614. The molecule has 1 saturated heterocycles. The molecule has 0 aliphatic carbocycles. The van der Waals surface area contributed by atoms with Crippen LogP contribution in [-0.4, -0.2) is 44.1 Å². The highest BCUT2D eigenvalue weighted by Gasteiger charge is 2.34. The van der Waals surface area contributed by atoms with Gasteiger partial charge < -0.3 is 5.32 Å². The molecule has 124 valence electrons. The van der Waals surface area contributed by atoms with Crippen LogP contribution < -0.4 is 5.32 Å². The first-order valence-corrected chi connectivity index (χ1v) is 8.46. The van der Waals surface area contributed by atoms with E-state index in [-0.39, 0.29) is 22.5 Å². The summed E-state index contributed by atoms with van der Waals surface area (Å²) in [4.78, 5) is 0.0272. The lowest BCUT2D eigenvalue weighted by atomic mass is 10.1. The maximum Gasteiger partial charge on any atom is 0.393 e. The number of halogens is 3. The van der Waals surface area contributed by atoms with Gasteiger partial charge in [-0.05, 0) is 31.5 Å². The number of hydrogen-bond donors (Lipinski definition) is 1. The van der Waals surface area contributed by atoms with Gasteiger partial charge in [-0.25, -0.2) is 8.42 Å². The highest BCUT2D eigenvalue weighted by molar-refractivity contribution is 7.89. The number of hydrogen-bond acceptors (Lipinski definition) is 3. The third-order valence-electron chi connectivity index (χ3n) is 3.91. The van der Waals surface area contributed by atoms with Gasteiger partial charge in [0.15, 0.2) is 0 Å². The molecule has 1 aromatic carbocycles. The average Bonchev–Trinajstić information content (AvgIpc) is 2.40. The molecule has 0 spiro atoms. The van der Waals surface area contributed by atoms with E-state index in [1.54, 1.807) is 0 Å². The molecule has 1 heterocycles. The standard InChI is InChI=1S/C14H19F3N2O2S/c1-10-11(2)19(8-7-18-10)22(20,21)13-5-3-12(4-6-13)9-14(15,16)17/h3-6,10-11,18H,7-9H2,1-2H3. The van der Waals surface area contributed by atoms with Gasteiger partial charge in [-0.15, -0.1) is 0 Å². The maximum absolute atomic E-state index is 12.6. The molecule has 0 aromatic heterocycles. The molecular weight excluding hydrogens is 317 g/mol. The number of piperazine rings is 1. The minimum Gasteiger partial charge on any atom is -0.311 e. The van der Waals surface area contributed by atoms with Crippen molar-refractivity contribution in [3.8, 4) is 0 Å². The molecule has 0 saturated carbocycles. The zero-order valence-electron chi connectivity index (χ0n) is 12.4. The van der Waals surface area contributed by atoms with Gasteiger partial charge in [0.05, 0.1) is 11.3 Å². The van der Waals surface area contributed by atoms with Crippen molar-refractivity contribution in [2.75, 3.05) is 13.1 Å². The minimum atomic E-state index is -4.30. The average molecular weight is 336 g/mol. The van der Waals surface area contributed by atoms with E-state index in [0.29, 0.717) is 13.1 Å². The normalized spacial score (nSPS) is 24.4. The highest BCUT2D eigenvalue weighted by atomic mass is 32.2. The van der Waals surface area contributed by atoms with Gasteiger partial charge in [-0.3, -0.25) is 0 Å². The second-order valence-corrected chi connectivity index (χ2v) is 7.43.